The molecule has 1 aromatic rings. The minimum atomic E-state index is -0.0634. The molecule has 0 bridgehead atoms. The molecule has 3 heteroatoms. The van der Waals surface area contributed by atoms with Gasteiger partial charge in [0.05, 0.1) is 6.10 Å². The first-order valence-electron chi connectivity index (χ1n) is 7.08. The fraction of sp³-hybridized carbons (Fsp3) is 0.562. The highest BCUT2D eigenvalue weighted by atomic mass is 16.5. The van der Waals surface area contributed by atoms with Crippen LogP contribution in [0.2, 0.25) is 0 Å². The summed E-state index contributed by atoms with van der Waals surface area (Å²) in [6, 6.07) is 8.15. The first kappa shape index (κ1) is 14.1. The Kier molecular flexibility index (Phi) is 4.97. The van der Waals surface area contributed by atoms with Crippen LogP contribution in [-0.4, -0.2) is 19.6 Å². The number of amides is 1. The van der Waals surface area contributed by atoms with E-state index in [9.17, 15) is 4.79 Å². The lowest BCUT2D eigenvalue weighted by molar-refractivity contribution is -0.125. The molecule has 0 radical (unpaired) electrons. The van der Waals surface area contributed by atoms with E-state index in [1.165, 1.54) is 18.4 Å². The maximum absolute atomic E-state index is 12.0. The molecular formula is C16H23NO2. The Hall–Kier alpha value is -1.35. The molecule has 2 rings (SSSR count). The SMILES string of the molecule is CO[C@@H](CNC(=O)C1CCCC1)c1ccccc1C. The Morgan fingerprint density at radius 1 is 1.37 bits per heavy atom. The molecule has 0 aliphatic heterocycles. The zero-order valence-electron chi connectivity index (χ0n) is 11.8. The molecule has 0 saturated heterocycles. The molecule has 1 atom stereocenters. The van der Waals surface area contributed by atoms with E-state index in [-0.39, 0.29) is 17.9 Å². The first-order chi connectivity index (χ1) is 9.22. The Balaban J connectivity index is 1.92. The first-order valence-corrected chi connectivity index (χ1v) is 7.08. The number of ether oxygens (including phenoxy) is 1. The molecule has 104 valence electrons. The van der Waals surface area contributed by atoms with Gasteiger partial charge in [0.25, 0.3) is 0 Å². The van der Waals surface area contributed by atoms with Gasteiger partial charge in [0.2, 0.25) is 5.91 Å². The van der Waals surface area contributed by atoms with Gasteiger partial charge in [0, 0.05) is 19.6 Å². The fourth-order valence-corrected chi connectivity index (χ4v) is 2.79. The maximum atomic E-state index is 12.0. The number of aryl methyl sites for hydroxylation is 1. The van der Waals surface area contributed by atoms with Gasteiger partial charge in [-0.25, -0.2) is 0 Å². The normalized spacial score (nSPS) is 17.4. The van der Waals surface area contributed by atoms with Gasteiger partial charge in [-0.15, -0.1) is 0 Å². The van der Waals surface area contributed by atoms with Crippen molar-refractivity contribution >= 4 is 5.91 Å². The minimum absolute atomic E-state index is 0.0634. The Morgan fingerprint density at radius 2 is 2.05 bits per heavy atom. The van der Waals surface area contributed by atoms with E-state index in [1.807, 2.05) is 12.1 Å². The van der Waals surface area contributed by atoms with Crippen molar-refractivity contribution in [1.82, 2.24) is 5.32 Å². The number of hydrogen-bond acceptors (Lipinski definition) is 2. The fourth-order valence-electron chi connectivity index (χ4n) is 2.79. The molecule has 1 aliphatic carbocycles. The number of rotatable bonds is 5. The number of hydrogen-bond donors (Lipinski definition) is 1. The summed E-state index contributed by atoms with van der Waals surface area (Å²) < 4.78 is 5.52. The summed E-state index contributed by atoms with van der Waals surface area (Å²) in [5, 5.41) is 3.04. The van der Waals surface area contributed by atoms with Crippen LogP contribution in [-0.2, 0) is 9.53 Å². The minimum Gasteiger partial charge on any atom is -0.375 e. The van der Waals surface area contributed by atoms with Crippen molar-refractivity contribution < 1.29 is 9.53 Å². The van der Waals surface area contributed by atoms with Crippen molar-refractivity contribution in [2.24, 2.45) is 5.92 Å². The van der Waals surface area contributed by atoms with Crippen LogP contribution in [0.4, 0.5) is 0 Å². The van der Waals surface area contributed by atoms with E-state index in [2.05, 4.69) is 24.4 Å². The van der Waals surface area contributed by atoms with Gasteiger partial charge in [-0.05, 0) is 30.9 Å². The molecule has 1 saturated carbocycles. The molecule has 0 aromatic heterocycles. The standard InChI is InChI=1S/C16H23NO2/c1-12-7-3-6-10-14(12)15(19-2)11-17-16(18)13-8-4-5-9-13/h3,6-7,10,13,15H,4-5,8-9,11H2,1-2H3,(H,17,18)/t15-/m0/s1. The lowest BCUT2D eigenvalue weighted by Crippen LogP contribution is -2.33. The molecule has 0 heterocycles. The third kappa shape index (κ3) is 3.57. The predicted octanol–water partition coefficient (Wildman–Crippen LogP) is 2.99. The van der Waals surface area contributed by atoms with Gasteiger partial charge < -0.3 is 10.1 Å². The van der Waals surface area contributed by atoms with Gasteiger partial charge in [-0.1, -0.05) is 37.1 Å². The Bertz CT molecular complexity index is 425. The van der Waals surface area contributed by atoms with Crippen molar-refractivity contribution in [3.05, 3.63) is 35.4 Å². The molecule has 0 unspecified atom stereocenters. The summed E-state index contributed by atoms with van der Waals surface area (Å²) >= 11 is 0. The van der Waals surface area contributed by atoms with Crippen LogP contribution < -0.4 is 5.32 Å². The zero-order chi connectivity index (χ0) is 13.7. The molecular weight excluding hydrogens is 238 g/mol. The summed E-state index contributed by atoms with van der Waals surface area (Å²) in [4.78, 5) is 12.0. The van der Waals surface area contributed by atoms with Crippen LogP contribution in [0.25, 0.3) is 0 Å². The summed E-state index contributed by atoms with van der Waals surface area (Å²) in [5.74, 6) is 0.405. The highest BCUT2D eigenvalue weighted by Gasteiger charge is 2.23. The predicted molar refractivity (Wildman–Crippen MR) is 75.9 cm³/mol. The summed E-state index contributed by atoms with van der Waals surface area (Å²) in [7, 11) is 1.69. The van der Waals surface area contributed by atoms with Crippen LogP contribution in [0, 0.1) is 12.8 Å². The number of methoxy groups -OCH3 is 1. The quantitative estimate of drug-likeness (QED) is 0.885. The van der Waals surface area contributed by atoms with Crippen LogP contribution in [0.5, 0.6) is 0 Å². The second kappa shape index (κ2) is 6.71. The van der Waals surface area contributed by atoms with Gasteiger partial charge in [-0.3, -0.25) is 4.79 Å². The maximum Gasteiger partial charge on any atom is 0.223 e. The molecule has 1 N–H and O–H groups in total. The Morgan fingerprint density at radius 3 is 2.68 bits per heavy atom. The lowest BCUT2D eigenvalue weighted by Gasteiger charge is -2.19. The Labute approximate surface area is 115 Å². The average Bonchev–Trinajstić information content (AvgIpc) is 2.95. The third-order valence-electron chi connectivity index (χ3n) is 4.01. The van der Waals surface area contributed by atoms with Crippen molar-refractivity contribution in [3.63, 3.8) is 0 Å². The van der Waals surface area contributed by atoms with Crippen LogP contribution in [0.3, 0.4) is 0 Å². The molecule has 3 nitrogen and oxygen atoms in total. The van der Waals surface area contributed by atoms with Crippen molar-refractivity contribution in [1.29, 1.82) is 0 Å². The molecule has 19 heavy (non-hydrogen) atoms. The van der Waals surface area contributed by atoms with Gasteiger partial charge >= 0.3 is 0 Å². The second-order valence-corrected chi connectivity index (χ2v) is 5.31. The highest BCUT2D eigenvalue weighted by molar-refractivity contribution is 5.78. The number of carbonyl (C=O) groups excluding carboxylic acids is 1. The van der Waals surface area contributed by atoms with Gasteiger partial charge in [0.15, 0.2) is 0 Å². The van der Waals surface area contributed by atoms with Crippen molar-refractivity contribution in [2.75, 3.05) is 13.7 Å². The third-order valence-corrected chi connectivity index (χ3v) is 4.01. The van der Waals surface area contributed by atoms with E-state index in [1.54, 1.807) is 7.11 Å². The molecule has 0 spiro atoms. The summed E-state index contributed by atoms with van der Waals surface area (Å²) in [6.45, 7) is 2.62. The van der Waals surface area contributed by atoms with Crippen LogP contribution in [0.1, 0.15) is 42.9 Å². The summed E-state index contributed by atoms with van der Waals surface area (Å²) in [6.07, 6.45) is 4.38. The van der Waals surface area contributed by atoms with Gasteiger partial charge in [0.1, 0.15) is 0 Å². The molecule has 1 fully saturated rings. The zero-order valence-corrected chi connectivity index (χ0v) is 11.8. The van der Waals surface area contributed by atoms with E-state index in [0.717, 1.165) is 18.4 Å². The average molecular weight is 261 g/mol. The molecule has 1 aromatic carbocycles. The van der Waals surface area contributed by atoms with Crippen LogP contribution in [0.15, 0.2) is 24.3 Å². The van der Waals surface area contributed by atoms with Crippen LogP contribution >= 0.6 is 0 Å². The molecule has 1 amide bonds. The topological polar surface area (TPSA) is 38.3 Å². The second-order valence-electron chi connectivity index (χ2n) is 5.31. The number of nitrogens with one attached hydrogen (secondary N) is 1. The molecule has 1 aliphatic rings. The van der Waals surface area contributed by atoms with Crippen molar-refractivity contribution in [3.8, 4) is 0 Å². The van der Waals surface area contributed by atoms with E-state index < -0.39 is 0 Å². The highest BCUT2D eigenvalue weighted by Crippen LogP contribution is 2.25. The smallest absolute Gasteiger partial charge is 0.223 e. The number of carbonyl (C=O) groups is 1. The monoisotopic (exact) mass is 261 g/mol. The van der Waals surface area contributed by atoms with E-state index in [4.69, 9.17) is 4.74 Å². The van der Waals surface area contributed by atoms with E-state index in [0.29, 0.717) is 6.54 Å². The number of benzene rings is 1. The van der Waals surface area contributed by atoms with Crippen molar-refractivity contribution in [2.45, 2.75) is 38.7 Å². The van der Waals surface area contributed by atoms with Gasteiger partial charge in [-0.2, -0.15) is 0 Å². The lowest BCUT2D eigenvalue weighted by atomic mass is 10.0. The largest absolute Gasteiger partial charge is 0.375 e. The summed E-state index contributed by atoms with van der Waals surface area (Å²) in [5.41, 5.74) is 2.35. The van der Waals surface area contributed by atoms with E-state index >= 15 is 0 Å².